The Hall–Kier alpha value is -2.13. The second-order valence-electron chi connectivity index (χ2n) is 4.29. The number of carboxylic acid groups (broad SMARTS) is 1. The van der Waals surface area contributed by atoms with Gasteiger partial charge in [0, 0.05) is 0 Å². The van der Waals surface area contributed by atoms with E-state index in [0.717, 1.165) is 5.56 Å². The summed E-state index contributed by atoms with van der Waals surface area (Å²) in [4.78, 5) is 11.6. The number of carbonyl (C=O) groups is 1. The van der Waals surface area contributed by atoms with Crippen molar-refractivity contribution < 1.29 is 9.90 Å². The Morgan fingerprint density at radius 3 is 2.17 bits per heavy atom. The van der Waals surface area contributed by atoms with Gasteiger partial charge in [-0.15, -0.1) is 0 Å². The third-order valence-electron chi connectivity index (χ3n) is 3.14. The lowest BCUT2D eigenvalue weighted by Gasteiger charge is -2.27. The molecule has 0 aliphatic carbocycles. The maximum atomic E-state index is 11.6. The van der Waals surface area contributed by atoms with Gasteiger partial charge >= 0.3 is 5.97 Å². The fraction of sp³-hybridized carbons (Fsp3) is 0.133. The molecule has 18 heavy (non-hydrogen) atoms. The average molecular weight is 241 g/mol. The van der Waals surface area contributed by atoms with Crippen LogP contribution in [0.15, 0.2) is 54.6 Å². The predicted molar refractivity (Wildman–Crippen MR) is 70.2 cm³/mol. The second kappa shape index (κ2) is 4.63. The molecule has 0 amide bonds. The molecular weight excluding hydrogens is 226 g/mol. The van der Waals surface area contributed by atoms with Gasteiger partial charge in [-0.05, 0) is 23.6 Å². The molecule has 0 aliphatic heterocycles. The maximum Gasteiger partial charge on any atom is 0.333 e. The first-order valence-electron chi connectivity index (χ1n) is 5.70. The van der Waals surface area contributed by atoms with Gasteiger partial charge in [-0.3, -0.25) is 0 Å². The summed E-state index contributed by atoms with van der Waals surface area (Å²) in [6.45, 7) is 1.86. The van der Waals surface area contributed by atoms with E-state index in [2.05, 4.69) is 0 Å². The number of carboxylic acids is 1. The van der Waals surface area contributed by atoms with Crippen molar-refractivity contribution in [3.8, 4) is 0 Å². The third-order valence-corrected chi connectivity index (χ3v) is 3.14. The molecule has 0 spiro atoms. The van der Waals surface area contributed by atoms with Crippen LogP contribution in [0.1, 0.15) is 16.7 Å². The number of rotatable bonds is 3. The van der Waals surface area contributed by atoms with Crippen molar-refractivity contribution in [3.63, 3.8) is 0 Å². The molecule has 1 unspecified atom stereocenters. The van der Waals surface area contributed by atoms with Gasteiger partial charge in [0.1, 0.15) is 0 Å². The topological polar surface area (TPSA) is 63.3 Å². The molecule has 0 fully saturated rings. The van der Waals surface area contributed by atoms with E-state index < -0.39 is 11.5 Å². The van der Waals surface area contributed by atoms with Crippen molar-refractivity contribution >= 4 is 5.97 Å². The van der Waals surface area contributed by atoms with E-state index in [4.69, 9.17) is 5.73 Å². The van der Waals surface area contributed by atoms with Crippen LogP contribution in [0.5, 0.6) is 0 Å². The van der Waals surface area contributed by atoms with Crippen molar-refractivity contribution in [2.75, 3.05) is 0 Å². The van der Waals surface area contributed by atoms with E-state index in [1.165, 1.54) is 0 Å². The molecule has 3 nitrogen and oxygen atoms in total. The molecule has 0 saturated heterocycles. The fourth-order valence-electron chi connectivity index (χ4n) is 2.11. The van der Waals surface area contributed by atoms with Gasteiger partial charge in [0.25, 0.3) is 0 Å². The average Bonchev–Trinajstić information content (AvgIpc) is 2.39. The second-order valence-corrected chi connectivity index (χ2v) is 4.29. The molecule has 3 heteroatoms. The highest BCUT2D eigenvalue weighted by Gasteiger charge is 2.38. The van der Waals surface area contributed by atoms with Crippen LogP contribution in [0.25, 0.3) is 0 Å². The summed E-state index contributed by atoms with van der Waals surface area (Å²) in [6, 6.07) is 16.2. The highest BCUT2D eigenvalue weighted by atomic mass is 16.4. The Labute approximate surface area is 106 Å². The summed E-state index contributed by atoms with van der Waals surface area (Å²) < 4.78 is 0. The minimum absolute atomic E-state index is 0.576. The Morgan fingerprint density at radius 2 is 1.61 bits per heavy atom. The molecule has 2 rings (SSSR count). The lowest BCUT2D eigenvalue weighted by molar-refractivity contribution is -0.142. The van der Waals surface area contributed by atoms with Crippen LogP contribution in [0, 0.1) is 6.92 Å². The minimum atomic E-state index is -1.51. The zero-order chi connectivity index (χ0) is 13.2. The number of hydrogen-bond donors (Lipinski definition) is 2. The van der Waals surface area contributed by atoms with Gasteiger partial charge in [0.05, 0.1) is 0 Å². The normalized spacial score (nSPS) is 13.9. The quantitative estimate of drug-likeness (QED) is 0.866. The van der Waals surface area contributed by atoms with E-state index in [1.807, 2.05) is 25.1 Å². The van der Waals surface area contributed by atoms with Crippen LogP contribution in [0.3, 0.4) is 0 Å². The zero-order valence-electron chi connectivity index (χ0n) is 10.1. The number of hydrogen-bond acceptors (Lipinski definition) is 2. The predicted octanol–water partition coefficient (Wildman–Crippen LogP) is 2.28. The first-order chi connectivity index (χ1) is 8.56. The Kier molecular flexibility index (Phi) is 3.17. The molecule has 0 heterocycles. The van der Waals surface area contributed by atoms with Crippen molar-refractivity contribution in [1.29, 1.82) is 0 Å². The van der Waals surface area contributed by atoms with Gasteiger partial charge < -0.3 is 10.8 Å². The minimum Gasteiger partial charge on any atom is -0.479 e. The Morgan fingerprint density at radius 1 is 1.06 bits per heavy atom. The summed E-state index contributed by atoms with van der Waals surface area (Å²) in [6.07, 6.45) is 0. The molecule has 2 aromatic rings. The molecule has 3 N–H and O–H groups in total. The van der Waals surface area contributed by atoms with E-state index >= 15 is 0 Å². The Balaban J connectivity index is 2.67. The zero-order valence-corrected chi connectivity index (χ0v) is 10.1. The van der Waals surface area contributed by atoms with Gasteiger partial charge in [-0.2, -0.15) is 0 Å². The van der Waals surface area contributed by atoms with Crippen LogP contribution in [0.2, 0.25) is 0 Å². The number of benzene rings is 2. The molecular formula is C15H15NO2. The largest absolute Gasteiger partial charge is 0.479 e. The van der Waals surface area contributed by atoms with Crippen LogP contribution in [-0.2, 0) is 10.3 Å². The monoisotopic (exact) mass is 241 g/mol. The molecule has 0 aromatic heterocycles. The fourth-order valence-corrected chi connectivity index (χ4v) is 2.11. The van der Waals surface area contributed by atoms with Crippen molar-refractivity contribution in [2.24, 2.45) is 5.73 Å². The standard InChI is InChI=1S/C15H15NO2/c1-11-7-5-6-10-13(11)15(16,14(17)18)12-8-3-2-4-9-12/h2-10H,16H2,1H3,(H,17,18). The number of aryl methyl sites for hydroxylation is 1. The van der Waals surface area contributed by atoms with Crippen molar-refractivity contribution in [2.45, 2.75) is 12.5 Å². The molecule has 0 saturated carbocycles. The Bertz CT molecular complexity index is 566. The van der Waals surface area contributed by atoms with Gasteiger partial charge in [0.2, 0.25) is 0 Å². The molecule has 0 radical (unpaired) electrons. The number of aliphatic carboxylic acids is 1. The van der Waals surface area contributed by atoms with Crippen LogP contribution >= 0.6 is 0 Å². The summed E-state index contributed by atoms with van der Waals surface area (Å²) in [5.41, 5.74) is 6.73. The third kappa shape index (κ3) is 1.89. The molecule has 2 aromatic carbocycles. The first-order valence-corrected chi connectivity index (χ1v) is 5.70. The number of nitrogens with two attached hydrogens (primary N) is 1. The molecule has 1 atom stereocenters. The highest BCUT2D eigenvalue weighted by Crippen LogP contribution is 2.29. The van der Waals surface area contributed by atoms with Crippen LogP contribution in [-0.4, -0.2) is 11.1 Å². The smallest absolute Gasteiger partial charge is 0.333 e. The van der Waals surface area contributed by atoms with Gasteiger partial charge in [-0.25, -0.2) is 4.79 Å². The summed E-state index contributed by atoms with van der Waals surface area (Å²) in [5.74, 6) is -1.05. The summed E-state index contributed by atoms with van der Waals surface area (Å²) in [7, 11) is 0. The van der Waals surface area contributed by atoms with Crippen molar-refractivity contribution in [3.05, 3.63) is 71.3 Å². The van der Waals surface area contributed by atoms with E-state index in [9.17, 15) is 9.90 Å². The first kappa shape index (κ1) is 12.3. The highest BCUT2D eigenvalue weighted by molar-refractivity contribution is 5.85. The molecule has 0 bridgehead atoms. The van der Waals surface area contributed by atoms with Crippen LogP contribution in [0.4, 0.5) is 0 Å². The van der Waals surface area contributed by atoms with E-state index in [0.29, 0.717) is 11.1 Å². The van der Waals surface area contributed by atoms with E-state index in [-0.39, 0.29) is 0 Å². The van der Waals surface area contributed by atoms with Crippen LogP contribution < -0.4 is 5.73 Å². The maximum absolute atomic E-state index is 11.6. The van der Waals surface area contributed by atoms with Gasteiger partial charge in [-0.1, -0.05) is 54.6 Å². The van der Waals surface area contributed by atoms with Crippen molar-refractivity contribution in [1.82, 2.24) is 0 Å². The lowest BCUT2D eigenvalue weighted by atomic mass is 9.81. The summed E-state index contributed by atoms with van der Waals surface area (Å²) >= 11 is 0. The van der Waals surface area contributed by atoms with E-state index in [1.54, 1.807) is 36.4 Å². The lowest BCUT2D eigenvalue weighted by Crippen LogP contribution is -2.46. The molecule has 0 aliphatic rings. The molecule has 92 valence electrons. The van der Waals surface area contributed by atoms with Gasteiger partial charge in [0.15, 0.2) is 5.54 Å². The SMILES string of the molecule is Cc1ccccc1C(N)(C(=O)O)c1ccccc1. The summed E-state index contributed by atoms with van der Waals surface area (Å²) in [5, 5.41) is 9.54.